The second kappa shape index (κ2) is 15.2. The third-order valence-electron chi connectivity index (χ3n) is 8.32. The summed E-state index contributed by atoms with van der Waals surface area (Å²) in [5.41, 5.74) is 7.55. The maximum atomic E-state index is 12.9. The number of azo groups is 3. The number of hydrogen-bond acceptors (Lipinski definition) is 20. The SMILES string of the molecule is Nc1cc(S(=O)(=O)O)cc2cc(S(=O)(=O)O)c(/N=N/c3ccc(/N=[N+](\[O-])c4ccc(/N=N/c5c(S(=O)(=O)O)cc6cc(S(=O)(=O)O)cc(N)c6c5O)c(O)c4)cc3O)c(O)c12. The number of anilines is 2. The highest BCUT2D eigenvalue weighted by atomic mass is 32.2. The number of rotatable bonds is 10. The van der Waals surface area contributed by atoms with Crippen LogP contribution in [0, 0.1) is 5.21 Å². The Morgan fingerprint density at radius 3 is 1.30 bits per heavy atom. The molecule has 318 valence electrons. The van der Waals surface area contributed by atoms with Gasteiger partial charge in [-0.05, 0) is 70.2 Å². The number of hydrogen-bond donors (Lipinski definition) is 10. The van der Waals surface area contributed by atoms with Crippen LogP contribution in [-0.4, -0.2) is 77.2 Å². The molecule has 25 nitrogen and oxygen atoms in total. The van der Waals surface area contributed by atoms with E-state index in [1.165, 1.54) is 0 Å². The fraction of sp³-hybridized carbons (Fsp3) is 0. The lowest BCUT2D eigenvalue weighted by molar-refractivity contribution is -0.435. The van der Waals surface area contributed by atoms with Crippen molar-refractivity contribution in [3.05, 3.63) is 78.0 Å². The molecule has 0 aliphatic carbocycles. The molecule has 0 amide bonds. The zero-order valence-electron chi connectivity index (χ0n) is 29.7. The second-order valence-electron chi connectivity index (χ2n) is 12.4. The van der Waals surface area contributed by atoms with Gasteiger partial charge in [0.2, 0.25) is 5.69 Å². The number of phenols is 4. The first-order chi connectivity index (χ1) is 28.1. The van der Waals surface area contributed by atoms with Gasteiger partial charge in [0, 0.05) is 39.4 Å². The summed E-state index contributed by atoms with van der Waals surface area (Å²) in [7, 11) is -20.1. The van der Waals surface area contributed by atoms with E-state index in [1.54, 1.807) is 0 Å². The zero-order valence-corrected chi connectivity index (χ0v) is 32.9. The molecule has 0 spiro atoms. The van der Waals surface area contributed by atoms with Gasteiger partial charge >= 0.3 is 0 Å². The highest BCUT2D eigenvalue weighted by Gasteiger charge is 2.27. The van der Waals surface area contributed by atoms with Crippen molar-refractivity contribution in [1.82, 2.24) is 0 Å². The van der Waals surface area contributed by atoms with E-state index in [4.69, 9.17) is 11.5 Å². The van der Waals surface area contributed by atoms with E-state index in [9.17, 15) is 77.5 Å². The van der Waals surface area contributed by atoms with E-state index in [-0.39, 0.29) is 37.8 Å². The largest absolute Gasteiger partial charge is 0.594 e. The fourth-order valence-electron chi connectivity index (χ4n) is 5.61. The summed E-state index contributed by atoms with van der Waals surface area (Å²) in [4.78, 5) is -3.70. The van der Waals surface area contributed by atoms with Crippen LogP contribution in [0.3, 0.4) is 0 Å². The van der Waals surface area contributed by atoms with Crippen LogP contribution < -0.4 is 11.5 Å². The van der Waals surface area contributed by atoms with Gasteiger partial charge in [-0.25, -0.2) is 0 Å². The minimum absolute atomic E-state index is 0.0326. The van der Waals surface area contributed by atoms with Crippen LogP contribution in [-0.2, 0) is 40.5 Å². The van der Waals surface area contributed by atoms with Crippen LogP contribution in [0.1, 0.15) is 0 Å². The number of phenolic OH excluding ortho intramolecular Hbond substituents is 4. The van der Waals surface area contributed by atoms with Gasteiger partial charge in [-0.15, -0.1) is 20.5 Å². The van der Waals surface area contributed by atoms with Crippen LogP contribution in [0.25, 0.3) is 21.5 Å². The highest BCUT2D eigenvalue weighted by molar-refractivity contribution is 7.86. The lowest BCUT2D eigenvalue weighted by Crippen LogP contribution is -2.02. The van der Waals surface area contributed by atoms with Crippen LogP contribution >= 0.6 is 0 Å². The summed E-state index contributed by atoms with van der Waals surface area (Å²) in [6.45, 7) is 0. The topological polar surface area (TPSA) is 438 Å². The Morgan fingerprint density at radius 1 is 0.508 bits per heavy atom. The number of benzene rings is 6. The average molecular weight is 921 g/mol. The summed E-state index contributed by atoms with van der Waals surface area (Å²) in [6.07, 6.45) is 0. The van der Waals surface area contributed by atoms with Crippen molar-refractivity contribution in [2.75, 3.05) is 11.5 Å². The van der Waals surface area contributed by atoms with Crippen molar-refractivity contribution in [3.8, 4) is 23.0 Å². The van der Waals surface area contributed by atoms with Crippen molar-refractivity contribution in [1.29, 1.82) is 0 Å². The predicted octanol–water partition coefficient (Wildman–Crippen LogP) is 5.72. The van der Waals surface area contributed by atoms with E-state index in [1.807, 2.05) is 0 Å². The number of nitrogens with zero attached hydrogens (tertiary/aromatic N) is 6. The van der Waals surface area contributed by atoms with Crippen molar-refractivity contribution in [2.24, 2.45) is 25.6 Å². The third kappa shape index (κ3) is 8.78. The predicted molar refractivity (Wildman–Crippen MR) is 209 cm³/mol. The van der Waals surface area contributed by atoms with Gasteiger partial charge in [-0.2, -0.15) is 33.7 Å². The van der Waals surface area contributed by atoms with Gasteiger partial charge in [-0.3, -0.25) is 18.2 Å². The molecule has 0 radical (unpaired) electrons. The van der Waals surface area contributed by atoms with Crippen LogP contribution in [0.15, 0.2) is 118 Å². The standard InChI is InChI=1S/C32H24N8O17S4/c33-19-11-17(58(46,47)48)5-13-7-25(60(52,53)54)29(31(43)27(13)19)37-35-21-3-1-15(9-23(21)41)39-40(45)16-2-4-22(24(42)10-16)36-38-30-26(61(55,56)57)8-14-6-18(59(49,50)51)12-20(34)28(14)32(30)44/h1-12,41-44H,33-34H2,(H,46,47,48)(H,49,50,51)(H,52,53,54)(H,55,56,57)/b37-35+,38-36+,40-39-. The average Bonchev–Trinajstić information content (AvgIpc) is 3.12. The fourth-order valence-corrected chi connectivity index (χ4v) is 8.03. The van der Waals surface area contributed by atoms with Gasteiger partial charge in [0.05, 0.1) is 15.9 Å². The Morgan fingerprint density at radius 2 is 0.918 bits per heavy atom. The van der Waals surface area contributed by atoms with E-state index in [0.29, 0.717) is 12.1 Å². The first-order valence-electron chi connectivity index (χ1n) is 15.9. The number of nitrogen functional groups attached to an aromatic ring is 2. The molecule has 0 aliphatic heterocycles. The maximum absolute atomic E-state index is 12.9. The Balaban J connectivity index is 1.29. The summed E-state index contributed by atoms with van der Waals surface area (Å²) in [6, 6.07) is 10.3. The molecule has 6 aromatic rings. The van der Waals surface area contributed by atoms with Gasteiger partial charge < -0.3 is 37.1 Å². The first-order valence-corrected chi connectivity index (χ1v) is 21.7. The minimum atomic E-state index is -5.20. The molecule has 0 fully saturated rings. The molecule has 0 saturated heterocycles. The molecular formula is C32H24N8O17S4. The van der Waals surface area contributed by atoms with E-state index >= 15 is 0 Å². The third-order valence-corrected chi connectivity index (χ3v) is 11.7. The van der Waals surface area contributed by atoms with Crippen molar-refractivity contribution < 1.29 is 77.2 Å². The molecule has 0 heterocycles. The van der Waals surface area contributed by atoms with Crippen molar-refractivity contribution >= 4 is 108 Å². The highest BCUT2D eigenvalue weighted by Crippen LogP contribution is 2.47. The van der Waals surface area contributed by atoms with Gasteiger partial charge in [-0.1, -0.05) is 0 Å². The molecule has 0 atom stereocenters. The summed E-state index contributed by atoms with van der Waals surface area (Å²) < 4.78 is 134. The van der Waals surface area contributed by atoms with Crippen LogP contribution in [0.5, 0.6) is 23.0 Å². The quantitative estimate of drug-likeness (QED) is 0.0258. The van der Waals surface area contributed by atoms with Gasteiger partial charge in [0.1, 0.15) is 49.7 Å². The maximum Gasteiger partial charge on any atom is 0.296 e. The zero-order chi connectivity index (χ0) is 45.1. The summed E-state index contributed by atoms with van der Waals surface area (Å²) in [5, 5.41) is 72.7. The Labute approximate surface area is 341 Å². The lowest BCUT2D eigenvalue weighted by Gasteiger charge is -2.12. The Kier molecular flexibility index (Phi) is 10.8. The molecule has 61 heavy (non-hydrogen) atoms. The van der Waals surface area contributed by atoms with E-state index < -0.39 is 117 Å². The van der Waals surface area contributed by atoms with Crippen LogP contribution in [0.4, 0.5) is 45.5 Å². The summed E-state index contributed by atoms with van der Waals surface area (Å²) >= 11 is 0. The molecule has 6 aromatic carbocycles. The monoisotopic (exact) mass is 920 g/mol. The van der Waals surface area contributed by atoms with Gasteiger partial charge in [0.25, 0.3) is 40.5 Å². The molecule has 0 aromatic heterocycles. The summed E-state index contributed by atoms with van der Waals surface area (Å²) in [5.74, 6) is -3.46. The molecule has 0 bridgehead atoms. The van der Waals surface area contributed by atoms with Crippen molar-refractivity contribution in [3.63, 3.8) is 0 Å². The van der Waals surface area contributed by atoms with Crippen LogP contribution in [0.2, 0.25) is 0 Å². The van der Waals surface area contributed by atoms with E-state index in [2.05, 4.69) is 25.6 Å². The molecule has 0 saturated carbocycles. The van der Waals surface area contributed by atoms with Gasteiger partial charge in [0.15, 0.2) is 11.5 Å². The Bertz CT molecular complexity index is 3450. The molecule has 12 N–H and O–H groups in total. The van der Waals surface area contributed by atoms with E-state index in [0.717, 1.165) is 60.7 Å². The number of fused-ring (bicyclic) bond motifs is 2. The minimum Gasteiger partial charge on any atom is -0.594 e. The Hall–Kier alpha value is -7.12. The molecule has 0 unspecified atom stereocenters. The first kappa shape index (κ1) is 43.5. The van der Waals surface area contributed by atoms with Crippen molar-refractivity contribution in [2.45, 2.75) is 19.6 Å². The lowest BCUT2D eigenvalue weighted by atomic mass is 10.1. The second-order valence-corrected chi connectivity index (χ2v) is 18.0. The normalized spacial score (nSPS) is 13.2. The molecule has 6 rings (SSSR count). The smallest absolute Gasteiger partial charge is 0.296 e. The molecule has 29 heteroatoms. The number of aromatic hydroxyl groups is 4. The number of nitrogens with two attached hydrogens (primary N) is 2. The molecular weight excluding hydrogens is 897 g/mol. The molecule has 0 aliphatic rings.